The van der Waals surface area contributed by atoms with Gasteiger partial charge in [0, 0.05) is 36.4 Å². The summed E-state index contributed by atoms with van der Waals surface area (Å²) in [7, 11) is 1.67. The van der Waals surface area contributed by atoms with Crippen molar-refractivity contribution in [2.75, 3.05) is 5.32 Å². The van der Waals surface area contributed by atoms with Crippen molar-refractivity contribution in [2.24, 2.45) is 7.05 Å². The number of nitrogens with zero attached hydrogens (tertiary/aromatic N) is 4. The Morgan fingerprint density at radius 1 is 1.12 bits per heavy atom. The topological polar surface area (TPSA) is 81.8 Å². The standard InChI is InChI=1S/C19H21N5O2/c1-12-17(21-14(3)23(4)19(12)26)11-18(25)22-15-5-7-16(8-6-15)24-10-9-20-13(24)2/h5-10H,11H2,1-4H3,(H,22,25). The first-order chi connectivity index (χ1) is 12.4. The molecule has 0 bridgehead atoms. The highest BCUT2D eigenvalue weighted by Gasteiger charge is 2.13. The van der Waals surface area contributed by atoms with Gasteiger partial charge in [-0.3, -0.25) is 14.2 Å². The predicted octanol–water partition coefficient (Wildman–Crippen LogP) is 2.07. The van der Waals surface area contributed by atoms with E-state index in [0.29, 0.717) is 22.8 Å². The minimum Gasteiger partial charge on any atom is -0.326 e. The van der Waals surface area contributed by atoms with Gasteiger partial charge in [0.2, 0.25) is 5.91 Å². The molecule has 3 aromatic rings. The fraction of sp³-hybridized carbons (Fsp3) is 0.263. The molecular weight excluding hydrogens is 330 g/mol. The van der Waals surface area contributed by atoms with Crippen LogP contribution in [0.15, 0.2) is 41.5 Å². The average Bonchev–Trinajstić information content (AvgIpc) is 3.04. The Balaban J connectivity index is 1.73. The zero-order chi connectivity index (χ0) is 18.8. The minimum absolute atomic E-state index is 0.0606. The van der Waals surface area contributed by atoms with Gasteiger partial charge in [-0.2, -0.15) is 0 Å². The molecule has 1 N–H and O–H groups in total. The van der Waals surface area contributed by atoms with Crippen LogP contribution >= 0.6 is 0 Å². The molecule has 2 aromatic heterocycles. The molecule has 2 heterocycles. The van der Waals surface area contributed by atoms with E-state index in [-0.39, 0.29) is 17.9 Å². The van der Waals surface area contributed by atoms with Crippen LogP contribution in [0.4, 0.5) is 5.69 Å². The molecule has 26 heavy (non-hydrogen) atoms. The molecule has 1 aromatic carbocycles. The lowest BCUT2D eigenvalue weighted by molar-refractivity contribution is -0.115. The van der Waals surface area contributed by atoms with Crippen LogP contribution in [0.1, 0.15) is 22.9 Å². The van der Waals surface area contributed by atoms with Crippen LogP contribution in [0.5, 0.6) is 0 Å². The third-order valence-corrected chi connectivity index (χ3v) is 4.42. The molecule has 1 amide bonds. The van der Waals surface area contributed by atoms with Crippen molar-refractivity contribution in [3.8, 4) is 5.69 Å². The van der Waals surface area contributed by atoms with Gasteiger partial charge in [0.15, 0.2) is 0 Å². The summed E-state index contributed by atoms with van der Waals surface area (Å²) in [6.07, 6.45) is 3.69. The smallest absolute Gasteiger partial charge is 0.256 e. The highest BCUT2D eigenvalue weighted by molar-refractivity contribution is 5.92. The van der Waals surface area contributed by atoms with Crippen molar-refractivity contribution in [1.82, 2.24) is 19.1 Å². The lowest BCUT2D eigenvalue weighted by atomic mass is 10.1. The predicted molar refractivity (Wildman–Crippen MR) is 99.6 cm³/mol. The second-order valence-corrected chi connectivity index (χ2v) is 6.21. The fourth-order valence-corrected chi connectivity index (χ4v) is 2.76. The van der Waals surface area contributed by atoms with E-state index in [1.54, 1.807) is 27.1 Å². The van der Waals surface area contributed by atoms with Crippen LogP contribution < -0.4 is 10.9 Å². The fourth-order valence-electron chi connectivity index (χ4n) is 2.76. The van der Waals surface area contributed by atoms with Gasteiger partial charge in [-0.1, -0.05) is 0 Å². The zero-order valence-corrected chi connectivity index (χ0v) is 15.3. The molecule has 0 fully saturated rings. The summed E-state index contributed by atoms with van der Waals surface area (Å²) >= 11 is 0. The van der Waals surface area contributed by atoms with Crippen LogP contribution in [0.2, 0.25) is 0 Å². The Morgan fingerprint density at radius 2 is 1.81 bits per heavy atom. The van der Waals surface area contributed by atoms with Gasteiger partial charge < -0.3 is 9.88 Å². The second kappa shape index (κ2) is 6.95. The molecule has 0 radical (unpaired) electrons. The summed E-state index contributed by atoms with van der Waals surface area (Å²) in [5, 5.41) is 2.85. The molecule has 7 nitrogen and oxygen atoms in total. The number of aromatic nitrogens is 4. The zero-order valence-electron chi connectivity index (χ0n) is 15.3. The molecule has 0 spiro atoms. The quantitative estimate of drug-likeness (QED) is 0.780. The van der Waals surface area contributed by atoms with E-state index in [4.69, 9.17) is 0 Å². The molecular formula is C19H21N5O2. The van der Waals surface area contributed by atoms with Crippen molar-refractivity contribution in [3.63, 3.8) is 0 Å². The van der Waals surface area contributed by atoms with E-state index >= 15 is 0 Å². The molecule has 0 saturated heterocycles. The first kappa shape index (κ1) is 17.6. The van der Waals surface area contributed by atoms with Crippen LogP contribution in [0, 0.1) is 20.8 Å². The number of rotatable bonds is 4. The summed E-state index contributed by atoms with van der Waals surface area (Å²) in [5.41, 5.74) is 2.54. The number of nitrogens with one attached hydrogen (secondary N) is 1. The Morgan fingerprint density at radius 3 is 2.42 bits per heavy atom. The SMILES string of the molecule is Cc1c(CC(=O)Nc2ccc(-n3ccnc3C)cc2)nc(C)n(C)c1=O. The first-order valence-electron chi connectivity index (χ1n) is 8.30. The van der Waals surface area contributed by atoms with Crippen LogP contribution in [-0.4, -0.2) is 25.0 Å². The Hall–Kier alpha value is -3.22. The maximum atomic E-state index is 12.3. The molecule has 0 atom stereocenters. The number of amides is 1. The largest absolute Gasteiger partial charge is 0.326 e. The van der Waals surface area contributed by atoms with Gasteiger partial charge in [-0.15, -0.1) is 0 Å². The van der Waals surface area contributed by atoms with Gasteiger partial charge in [0.1, 0.15) is 11.6 Å². The lowest BCUT2D eigenvalue weighted by Gasteiger charge is -2.11. The number of imidazole rings is 1. The number of anilines is 1. The molecule has 0 unspecified atom stereocenters. The number of aryl methyl sites for hydroxylation is 2. The Kier molecular flexibility index (Phi) is 4.71. The van der Waals surface area contributed by atoms with Gasteiger partial charge in [-0.25, -0.2) is 9.97 Å². The van der Waals surface area contributed by atoms with Crippen molar-refractivity contribution >= 4 is 11.6 Å². The summed E-state index contributed by atoms with van der Waals surface area (Å²) in [5.74, 6) is 1.27. The number of hydrogen-bond acceptors (Lipinski definition) is 4. The summed E-state index contributed by atoms with van der Waals surface area (Å²) in [4.78, 5) is 33.0. The maximum Gasteiger partial charge on any atom is 0.256 e. The molecule has 3 rings (SSSR count). The highest BCUT2D eigenvalue weighted by Crippen LogP contribution is 2.15. The van der Waals surface area contributed by atoms with Crippen LogP contribution in [-0.2, 0) is 18.3 Å². The summed E-state index contributed by atoms with van der Waals surface area (Å²) < 4.78 is 3.44. The van der Waals surface area contributed by atoms with Gasteiger partial charge in [0.25, 0.3) is 5.56 Å². The van der Waals surface area contributed by atoms with Crippen LogP contribution in [0.3, 0.4) is 0 Å². The molecule has 0 saturated carbocycles. The van der Waals surface area contributed by atoms with Crippen molar-refractivity contribution < 1.29 is 4.79 Å². The lowest BCUT2D eigenvalue weighted by Crippen LogP contribution is -2.27. The third kappa shape index (κ3) is 3.42. The number of carbonyl (C=O) groups excluding carboxylic acids is 1. The summed E-state index contributed by atoms with van der Waals surface area (Å²) in [6, 6.07) is 7.50. The highest BCUT2D eigenvalue weighted by atomic mass is 16.1. The molecule has 0 aliphatic carbocycles. The van der Waals surface area contributed by atoms with Gasteiger partial charge in [-0.05, 0) is 45.0 Å². The van der Waals surface area contributed by atoms with Crippen molar-refractivity contribution in [2.45, 2.75) is 27.2 Å². The first-order valence-corrected chi connectivity index (χ1v) is 8.30. The maximum absolute atomic E-state index is 12.3. The van der Waals surface area contributed by atoms with Crippen molar-refractivity contribution in [3.05, 3.63) is 69.9 Å². The minimum atomic E-state index is -0.209. The van der Waals surface area contributed by atoms with Gasteiger partial charge >= 0.3 is 0 Å². The van der Waals surface area contributed by atoms with E-state index in [0.717, 1.165) is 11.5 Å². The molecule has 0 aliphatic rings. The number of carbonyl (C=O) groups is 1. The summed E-state index contributed by atoms with van der Waals surface area (Å²) in [6.45, 7) is 5.37. The van der Waals surface area contributed by atoms with Gasteiger partial charge in [0.05, 0.1) is 12.1 Å². The number of benzene rings is 1. The normalized spacial score (nSPS) is 10.8. The van der Waals surface area contributed by atoms with Crippen LogP contribution in [0.25, 0.3) is 5.69 Å². The molecule has 134 valence electrons. The Bertz CT molecular complexity index is 1020. The monoisotopic (exact) mass is 351 g/mol. The van der Waals surface area contributed by atoms with E-state index < -0.39 is 0 Å². The Labute approximate surface area is 151 Å². The third-order valence-electron chi connectivity index (χ3n) is 4.42. The second-order valence-electron chi connectivity index (χ2n) is 6.21. The van der Waals surface area contributed by atoms with E-state index in [1.807, 2.05) is 42.0 Å². The number of hydrogen-bond donors (Lipinski definition) is 1. The van der Waals surface area contributed by atoms with E-state index in [1.165, 1.54) is 4.57 Å². The van der Waals surface area contributed by atoms with Crippen molar-refractivity contribution in [1.29, 1.82) is 0 Å². The average molecular weight is 351 g/mol. The molecule has 7 heteroatoms. The van der Waals surface area contributed by atoms with E-state index in [9.17, 15) is 9.59 Å². The molecule has 0 aliphatic heterocycles. The van der Waals surface area contributed by atoms with E-state index in [2.05, 4.69) is 15.3 Å².